The first-order valence-corrected chi connectivity index (χ1v) is 4.13. The van der Waals surface area contributed by atoms with Crippen LogP contribution in [0.3, 0.4) is 0 Å². The molecule has 0 unspecified atom stereocenters. The first-order valence-electron chi connectivity index (χ1n) is 4.13. The maximum absolute atomic E-state index is 7.57. The van der Waals surface area contributed by atoms with E-state index in [1.807, 2.05) is 37.3 Å². The third kappa shape index (κ3) is 4.88. The standard InChI is InChI=1S/C8H11N.C2H6O/c1-7(9)8-5-3-2-4-6-8;1-2-3/h2-7H,9H2,1H3;3H,2H2,1H3/t7-;/m1./s1. The quantitative estimate of drug-likeness (QED) is 0.668. The Bertz CT molecular complexity index is 184. The van der Waals surface area contributed by atoms with Crippen LogP contribution >= 0.6 is 0 Å². The van der Waals surface area contributed by atoms with E-state index in [0.29, 0.717) is 0 Å². The number of hydrogen-bond donors (Lipinski definition) is 2. The second-order valence-corrected chi connectivity index (χ2v) is 2.52. The number of aliphatic hydroxyl groups is 1. The summed E-state index contributed by atoms with van der Waals surface area (Å²) in [7, 11) is 0. The Kier molecular flexibility index (Phi) is 6.34. The summed E-state index contributed by atoms with van der Waals surface area (Å²) in [5.74, 6) is 0. The van der Waals surface area contributed by atoms with Gasteiger partial charge in [0, 0.05) is 12.6 Å². The molecule has 0 saturated heterocycles. The van der Waals surface area contributed by atoms with Crippen molar-refractivity contribution in [3.05, 3.63) is 35.9 Å². The van der Waals surface area contributed by atoms with Gasteiger partial charge in [-0.2, -0.15) is 0 Å². The maximum atomic E-state index is 7.57. The molecule has 0 saturated carbocycles. The van der Waals surface area contributed by atoms with Crippen molar-refractivity contribution in [2.75, 3.05) is 6.61 Å². The van der Waals surface area contributed by atoms with Crippen LogP contribution in [0.25, 0.3) is 0 Å². The van der Waals surface area contributed by atoms with Crippen LogP contribution < -0.4 is 5.73 Å². The fourth-order valence-corrected chi connectivity index (χ4v) is 0.757. The fourth-order valence-electron chi connectivity index (χ4n) is 0.757. The lowest BCUT2D eigenvalue weighted by Crippen LogP contribution is -2.03. The van der Waals surface area contributed by atoms with Gasteiger partial charge in [-0.3, -0.25) is 0 Å². The third-order valence-electron chi connectivity index (χ3n) is 1.33. The predicted octanol–water partition coefficient (Wildman–Crippen LogP) is 1.70. The first-order chi connectivity index (χ1) is 5.72. The third-order valence-corrected chi connectivity index (χ3v) is 1.33. The van der Waals surface area contributed by atoms with E-state index in [-0.39, 0.29) is 12.6 Å². The molecular formula is C10H17NO. The zero-order chi connectivity index (χ0) is 9.40. The Balaban J connectivity index is 0.000000354. The van der Waals surface area contributed by atoms with Crippen molar-refractivity contribution in [3.8, 4) is 0 Å². The molecule has 1 aromatic rings. The van der Waals surface area contributed by atoms with E-state index < -0.39 is 0 Å². The number of nitrogens with two attached hydrogens (primary N) is 1. The van der Waals surface area contributed by atoms with E-state index in [1.54, 1.807) is 6.92 Å². The van der Waals surface area contributed by atoms with Crippen LogP contribution in [0, 0.1) is 0 Å². The van der Waals surface area contributed by atoms with Crippen LogP contribution in [0.5, 0.6) is 0 Å². The summed E-state index contributed by atoms with van der Waals surface area (Å²) < 4.78 is 0. The number of benzene rings is 1. The number of aliphatic hydroxyl groups excluding tert-OH is 1. The highest BCUT2D eigenvalue weighted by atomic mass is 16.2. The Morgan fingerprint density at radius 1 is 1.33 bits per heavy atom. The summed E-state index contributed by atoms with van der Waals surface area (Å²) in [5.41, 5.74) is 6.81. The second-order valence-electron chi connectivity index (χ2n) is 2.52. The smallest absolute Gasteiger partial charge is 0.0402 e. The molecular weight excluding hydrogens is 150 g/mol. The van der Waals surface area contributed by atoms with Gasteiger partial charge >= 0.3 is 0 Å². The molecule has 0 spiro atoms. The van der Waals surface area contributed by atoms with Gasteiger partial charge in [0.25, 0.3) is 0 Å². The molecule has 0 aliphatic heterocycles. The molecule has 2 heteroatoms. The van der Waals surface area contributed by atoms with Gasteiger partial charge in [-0.05, 0) is 19.4 Å². The molecule has 2 nitrogen and oxygen atoms in total. The molecule has 0 amide bonds. The van der Waals surface area contributed by atoms with E-state index in [4.69, 9.17) is 10.8 Å². The maximum Gasteiger partial charge on any atom is 0.0402 e. The van der Waals surface area contributed by atoms with E-state index >= 15 is 0 Å². The van der Waals surface area contributed by atoms with Crippen LogP contribution in [0.1, 0.15) is 25.5 Å². The van der Waals surface area contributed by atoms with Crippen molar-refractivity contribution >= 4 is 0 Å². The molecule has 0 bridgehead atoms. The molecule has 68 valence electrons. The summed E-state index contributed by atoms with van der Waals surface area (Å²) in [4.78, 5) is 0. The molecule has 0 fully saturated rings. The molecule has 0 aliphatic rings. The van der Waals surface area contributed by atoms with Crippen LogP contribution in [-0.2, 0) is 0 Å². The highest BCUT2D eigenvalue weighted by Crippen LogP contribution is 2.06. The van der Waals surface area contributed by atoms with E-state index in [2.05, 4.69) is 0 Å². The molecule has 0 heterocycles. The number of hydrogen-bond acceptors (Lipinski definition) is 2. The molecule has 3 N–H and O–H groups in total. The summed E-state index contributed by atoms with van der Waals surface area (Å²) in [6, 6.07) is 10.2. The van der Waals surface area contributed by atoms with Crippen molar-refractivity contribution in [2.45, 2.75) is 19.9 Å². The van der Waals surface area contributed by atoms with Crippen molar-refractivity contribution in [1.29, 1.82) is 0 Å². The van der Waals surface area contributed by atoms with Gasteiger partial charge in [0.05, 0.1) is 0 Å². The van der Waals surface area contributed by atoms with Crippen LogP contribution in [0.4, 0.5) is 0 Å². The topological polar surface area (TPSA) is 46.2 Å². The van der Waals surface area contributed by atoms with E-state index in [0.717, 1.165) is 0 Å². The summed E-state index contributed by atoms with van der Waals surface area (Å²) in [6.45, 7) is 3.91. The van der Waals surface area contributed by atoms with Gasteiger partial charge in [0.2, 0.25) is 0 Å². The molecule has 1 rings (SSSR count). The van der Waals surface area contributed by atoms with E-state index in [9.17, 15) is 0 Å². The van der Waals surface area contributed by atoms with Gasteiger partial charge in [-0.25, -0.2) is 0 Å². The molecule has 0 radical (unpaired) electrons. The molecule has 1 aromatic carbocycles. The minimum Gasteiger partial charge on any atom is -0.397 e. The van der Waals surface area contributed by atoms with Crippen LogP contribution in [0.2, 0.25) is 0 Å². The van der Waals surface area contributed by atoms with Crippen molar-refractivity contribution < 1.29 is 5.11 Å². The van der Waals surface area contributed by atoms with E-state index in [1.165, 1.54) is 5.56 Å². The highest BCUT2D eigenvalue weighted by molar-refractivity contribution is 5.17. The second kappa shape index (κ2) is 6.83. The molecule has 12 heavy (non-hydrogen) atoms. The average molecular weight is 167 g/mol. The van der Waals surface area contributed by atoms with Crippen molar-refractivity contribution in [2.24, 2.45) is 5.73 Å². The van der Waals surface area contributed by atoms with Gasteiger partial charge in [-0.15, -0.1) is 0 Å². The van der Waals surface area contributed by atoms with Gasteiger partial charge < -0.3 is 10.8 Å². The SMILES string of the molecule is CCO.C[C@@H](N)c1ccccc1. The minimum absolute atomic E-state index is 0.159. The van der Waals surface area contributed by atoms with Crippen molar-refractivity contribution in [1.82, 2.24) is 0 Å². The Morgan fingerprint density at radius 2 is 1.75 bits per heavy atom. The largest absolute Gasteiger partial charge is 0.397 e. The zero-order valence-electron chi connectivity index (χ0n) is 7.70. The van der Waals surface area contributed by atoms with Crippen LogP contribution in [-0.4, -0.2) is 11.7 Å². The highest BCUT2D eigenvalue weighted by Gasteiger charge is 1.93. The Hall–Kier alpha value is -0.860. The average Bonchev–Trinajstić information content (AvgIpc) is 2.07. The molecule has 0 aromatic heterocycles. The molecule has 0 aliphatic carbocycles. The lowest BCUT2D eigenvalue weighted by Gasteiger charge is -2.02. The monoisotopic (exact) mass is 167 g/mol. The summed E-state index contributed by atoms with van der Waals surface area (Å²) in [6.07, 6.45) is 0. The summed E-state index contributed by atoms with van der Waals surface area (Å²) >= 11 is 0. The van der Waals surface area contributed by atoms with Crippen LogP contribution in [0.15, 0.2) is 30.3 Å². The predicted molar refractivity (Wildman–Crippen MR) is 51.8 cm³/mol. The van der Waals surface area contributed by atoms with Crippen molar-refractivity contribution in [3.63, 3.8) is 0 Å². The lowest BCUT2D eigenvalue weighted by molar-refractivity contribution is 0.318. The van der Waals surface area contributed by atoms with Gasteiger partial charge in [0.15, 0.2) is 0 Å². The Morgan fingerprint density at radius 3 is 2.00 bits per heavy atom. The summed E-state index contributed by atoms with van der Waals surface area (Å²) in [5, 5.41) is 7.57. The van der Waals surface area contributed by atoms with Gasteiger partial charge in [-0.1, -0.05) is 30.3 Å². The fraction of sp³-hybridized carbons (Fsp3) is 0.400. The lowest BCUT2D eigenvalue weighted by atomic mass is 10.1. The minimum atomic E-state index is 0.159. The van der Waals surface area contributed by atoms with Gasteiger partial charge in [0.1, 0.15) is 0 Å². The Labute approximate surface area is 74.0 Å². The normalized spacial score (nSPS) is 11.3. The zero-order valence-corrected chi connectivity index (χ0v) is 7.70. The first kappa shape index (κ1) is 11.1. The number of rotatable bonds is 1. The molecule has 1 atom stereocenters.